The molecule has 0 unspecified atom stereocenters. The van der Waals surface area contributed by atoms with Gasteiger partial charge in [0.15, 0.2) is 4.67 Å². The van der Waals surface area contributed by atoms with Crippen molar-refractivity contribution in [2.45, 2.75) is 13.8 Å². The second kappa shape index (κ2) is 4.66. The van der Waals surface area contributed by atoms with Gasteiger partial charge in [0.1, 0.15) is 5.76 Å². The Morgan fingerprint density at radius 2 is 2.00 bits per heavy atom. The third-order valence-electron chi connectivity index (χ3n) is 2.50. The van der Waals surface area contributed by atoms with E-state index < -0.39 is 0 Å². The molecule has 1 aromatic carbocycles. The van der Waals surface area contributed by atoms with Crippen molar-refractivity contribution in [3.05, 3.63) is 51.9 Å². The van der Waals surface area contributed by atoms with Gasteiger partial charge in [-0.25, -0.2) is 0 Å². The van der Waals surface area contributed by atoms with Crippen molar-refractivity contribution in [3.8, 4) is 0 Å². The highest BCUT2D eigenvalue weighted by Gasteiger charge is 1.99. The van der Waals surface area contributed by atoms with Gasteiger partial charge in [-0.05, 0) is 59.1 Å². The van der Waals surface area contributed by atoms with Crippen molar-refractivity contribution in [2.24, 2.45) is 4.99 Å². The maximum Gasteiger partial charge on any atom is 0.169 e. The third-order valence-corrected chi connectivity index (χ3v) is 2.93. The standard InChI is InChI=1S/C13H12BrNO/c1-9-4-3-5-12(10(9)2)15-8-11-6-7-13(14)16-11/h3-8H,1-2H3. The molecule has 0 aliphatic carbocycles. The molecule has 82 valence electrons. The Kier molecular flexibility index (Phi) is 3.25. The monoisotopic (exact) mass is 277 g/mol. The number of aryl methyl sites for hydroxylation is 1. The Hall–Kier alpha value is -1.35. The Morgan fingerprint density at radius 3 is 2.69 bits per heavy atom. The smallest absolute Gasteiger partial charge is 0.169 e. The first-order valence-corrected chi connectivity index (χ1v) is 5.82. The molecular formula is C13H12BrNO. The van der Waals surface area contributed by atoms with Gasteiger partial charge in [0.2, 0.25) is 0 Å². The van der Waals surface area contributed by atoms with E-state index in [1.807, 2.05) is 24.3 Å². The molecule has 1 aromatic heterocycles. The van der Waals surface area contributed by atoms with Crippen LogP contribution >= 0.6 is 15.9 Å². The van der Waals surface area contributed by atoms with E-state index in [4.69, 9.17) is 4.42 Å². The van der Waals surface area contributed by atoms with Crippen LogP contribution in [0.3, 0.4) is 0 Å². The highest BCUT2D eigenvalue weighted by Crippen LogP contribution is 2.21. The largest absolute Gasteiger partial charge is 0.448 e. The fourth-order valence-corrected chi connectivity index (χ4v) is 1.73. The molecule has 2 aromatic rings. The fraction of sp³-hybridized carbons (Fsp3) is 0.154. The second-order valence-corrected chi connectivity index (χ2v) is 4.40. The first-order chi connectivity index (χ1) is 7.66. The maximum absolute atomic E-state index is 5.34. The minimum atomic E-state index is 0.718. The topological polar surface area (TPSA) is 25.5 Å². The summed E-state index contributed by atoms with van der Waals surface area (Å²) in [4.78, 5) is 4.41. The molecule has 1 heterocycles. The number of aliphatic imine (C=N–C) groups is 1. The average Bonchev–Trinajstić information content (AvgIpc) is 2.67. The van der Waals surface area contributed by atoms with E-state index in [2.05, 4.69) is 40.8 Å². The summed E-state index contributed by atoms with van der Waals surface area (Å²) in [5.74, 6) is 0.743. The maximum atomic E-state index is 5.34. The summed E-state index contributed by atoms with van der Waals surface area (Å²) in [7, 11) is 0. The van der Waals surface area contributed by atoms with Crippen molar-refractivity contribution >= 4 is 27.8 Å². The molecule has 0 saturated carbocycles. The van der Waals surface area contributed by atoms with Crippen LogP contribution < -0.4 is 0 Å². The minimum Gasteiger partial charge on any atom is -0.448 e. The van der Waals surface area contributed by atoms with Crippen molar-refractivity contribution in [1.82, 2.24) is 0 Å². The van der Waals surface area contributed by atoms with Gasteiger partial charge in [-0.1, -0.05) is 12.1 Å². The summed E-state index contributed by atoms with van der Waals surface area (Å²) in [5, 5.41) is 0. The number of furan rings is 1. The van der Waals surface area contributed by atoms with Crippen LogP contribution in [0.2, 0.25) is 0 Å². The van der Waals surface area contributed by atoms with E-state index in [0.29, 0.717) is 0 Å². The number of benzene rings is 1. The SMILES string of the molecule is Cc1cccc(N=Cc2ccc(Br)o2)c1C. The molecular weight excluding hydrogens is 266 g/mol. The van der Waals surface area contributed by atoms with E-state index >= 15 is 0 Å². The lowest BCUT2D eigenvalue weighted by Gasteiger charge is -2.02. The molecule has 0 aliphatic rings. The van der Waals surface area contributed by atoms with Crippen LogP contribution in [0.1, 0.15) is 16.9 Å². The van der Waals surface area contributed by atoms with E-state index in [-0.39, 0.29) is 0 Å². The molecule has 0 bridgehead atoms. The predicted octanol–water partition coefficient (Wildman–Crippen LogP) is 4.41. The molecule has 0 aliphatic heterocycles. The molecule has 0 spiro atoms. The van der Waals surface area contributed by atoms with Crippen LogP contribution in [0.15, 0.2) is 44.4 Å². The number of rotatable bonds is 2. The molecule has 2 nitrogen and oxygen atoms in total. The lowest BCUT2D eigenvalue weighted by Crippen LogP contribution is -1.81. The zero-order valence-corrected chi connectivity index (χ0v) is 10.8. The Labute approximate surface area is 103 Å². The highest BCUT2D eigenvalue weighted by molar-refractivity contribution is 9.10. The van der Waals surface area contributed by atoms with E-state index in [0.717, 1.165) is 16.1 Å². The molecule has 0 saturated heterocycles. The first-order valence-electron chi connectivity index (χ1n) is 5.02. The average molecular weight is 278 g/mol. The van der Waals surface area contributed by atoms with E-state index in [9.17, 15) is 0 Å². The minimum absolute atomic E-state index is 0.718. The van der Waals surface area contributed by atoms with Crippen molar-refractivity contribution in [3.63, 3.8) is 0 Å². The van der Waals surface area contributed by atoms with Gasteiger partial charge in [0.25, 0.3) is 0 Å². The quantitative estimate of drug-likeness (QED) is 0.747. The molecule has 16 heavy (non-hydrogen) atoms. The second-order valence-electron chi connectivity index (χ2n) is 3.62. The number of hydrogen-bond acceptors (Lipinski definition) is 2. The third kappa shape index (κ3) is 2.42. The Balaban J connectivity index is 2.27. The molecule has 3 heteroatoms. The van der Waals surface area contributed by atoms with Crippen LogP contribution in [-0.2, 0) is 0 Å². The van der Waals surface area contributed by atoms with Crippen molar-refractivity contribution in [1.29, 1.82) is 0 Å². The van der Waals surface area contributed by atoms with E-state index in [1.165, 1.54) is 11.1 Å². The zero-order valence-electron chi connectivity index (χ0n) is 9.20. The number of halogens is 1. The molecule has 0 amide bonds. The first kappa shape index (κ1) is 11.1. The Bertz CT molecular complexity index is 528. The van der Waals surface area contributed by atoms with Gasteiger partial charge in [-0.2, -0.15) is 0 Å². The molecule has 0 fully saturated rings. The molecule has 2 rings (SSSR count). The van der Waals surface area contributed by atoms with Gasteiger partial charge in [0, 0.05) is 0 Å². The number of hydrogen-bond donors (Lipinski definition) is 0. The summed E-state index contributed by atoms with van der Waals surface area (Å²) in [5.41, 5.74) is 3.42. The van der Waals surface area contributed by atoms with Gasteiger partial charge in [0.05, 0.1) is 11.9 Å². The molecule has 0 N–H and O–H groups in total. The van der Waals surface area contributed by atoms with Gasteiger partial charge < -0.3 is 4.42 Å². The predicted molar refractivity (Wildman–Crippen MR) is 69.6 cm³/mol. The van der Waals surface area contributed by atoms with Gasteiger partial charge >= 0.3 is 0 Å². The lowest BCUT2D eigenvalue weighted by atomic mass is 10.1. The normalized spacial score (nSPS) is 11.2. The van der Waals surface area contributed by atoms with Gasteiger partial charge in [-0.3, -0.25) is 4.99 Å². The molecule has 0 radical (unpaired) electrons. The van der Waals surface area contributed by atoms with Gasteiger partial charge in [-0.15, -0.1) is 0 Å². The van der Waals surface area contributed by atoms with Crippen LogP contribution in [0, 0.1) is 13.8 Å². The Morgan fingerprint density at radius 1 is 1.19 bits per heavy atom. The number of nitrogens with zero attached hydrogens (tertiary/aromatic N) is 1. The zero-order chi connectivity index (χ0) is 11.5. The fourth-order valence-electron chi connectivity index (χ4n) is 1.41. The highest BCUT2D eigenvalue weighted by atomic mass is 79.9. The van der Waals surface area contributed by atoms with Crippen molar-refractivity contribution < 1.29 is 4.42 Å². The van der Waals surface area contributed by atoms with Crippen LogP contribution in [-0.4, -0.2) is 6.21 Å². The van der Waals surface area contributed by atoms with Crippen LogP contribution in [0.5, 0.6) is 0 Å². The van der Waals surface area contributed by atoms with Crippen molar-refractivity contribution in [2.75, 3.05) is 0 Å². The summed E-state index contributed by atoms with van der Waals surface area (Å²) in [6.45, 7) is 4.15. The summed E-state index contributed by atoms with van der Waals surface area (Å²) < 4.78 is 6.06. The summed E-state index contributed by atoms with van der Waals surface area (Å²) in [6.07, 6.45) is 1.73. The van der Waals surface area contributed by atoms with Crippen LogP contribution in [0.4, 0.5) is 5.69 Å². The lowest BCUT2D eigenvalue weighted by molar-refractivity contribution is 0.535. The molecule has 0 atom stereocenters. The summed E-state index contributed by atoms with van der Waals surface area (Å²) >= 11 is 3.26. The summed E-state index contributed by atoms with van der Waals surface area (Å²) in [6, 6.07) is 9.81. The van der Waals surface area contributed by atoms with Crippen LogP contribution in [0.25, 0.3) is 0 Å². The van der Waals surface area contributed by atoms with E-state index in [1.54, 1.807) is 6.21 Å².